The van der Waals surface area contributed by atoms with E-state index in [9.17, 15) is 4.79 Å². The third-order valence-electron chi connectivity index (χ3n) is 9.48. The predicted molar refractivity (Wildman–Crippen MR) is 224 cm³/mol. The summed E-state index contributed by atoms with van der Waals surface area (Å²) in [6, 6.07) is 48.2. The molecule has 1 atom stereocenters. The molecule has 1 heterocycles. The van der Waals surface area contributed by atoms with Gasteiger partial charge in [-0.05, 0) is 62.4 Å². The van der Waals surface area contributed by atoms with Gasteiger partial charge >= 0.3 is 0 Å². The van der Waals surface area contributed by atoms with E-state index in [1.54, 1.807) is 30.8 Å². The molecule has 0 aliphatic rings. The molecule has 0 saturated carbocycles. The largest absolute Gasteiger partial charge is 0.487 e. The Kier molecular flexibility index (Phi) is 12.4. The first-order valence-corrected chi connectivity index (χ1v) is 21.3. The summed E-state index contributed by atoms with van der Waals surface area (Å²) in [5.41, 5.74) is 5.04. The molecule has 1 aromatic heterocycles. The number of carbonyl (C=O) groups is 1. The average molecular weight is 759 g/mol. The maximum Gasteiger partial charge on any atom is 0.261 e. The molecular weight excluding hydrogens is 712 g/mol. The lowest BCUT2D eigenvalue weighted by atomic mass is 10.0. The summed E-state index contributed by atoms with van der Waals surface area (Å²) in [6.45, 7) is 7.72. The Balaban J connectivity index is 1.28. The highest BCUT2D eigenvalue weighted by molar-refractivity contribution is 7.99. The van der Waals surface area contributed by atoms with Crippen LogP contribution in [0.3, 0.4) is 0 Å². The number of halogens is 1. The molecule has 8 heteroatoms. The number of aromatic nitrogens is 1. The van der Waals surface area contributed by atoms with Crippen LogP contribution in [-0.4, -0.2) is 44.0 Å². The fourth-order valence-corrected chi connectivity index (χ4v) is 12.7. The minimum Gasteiger partial charge on any atom is -0.487 e. The van der Waals surface area contributed by atoms with Gasteiger partial charge in [0.25, 0.3) is 8.32 Å². The van der Waals surface area contributed by atoms with Gasteiger partial charge in [0, 0.05) is 36.7 Å². The van der Waals surface area contributed by atoms with Crippen LogP contribution in [0.25, 0.3) is 10.9 Å². The molecule has 0 bridgehead atoms. The maximum absolute atomic E-state index is 12.6. The minimum absolute atomic E-state index is 0.0257. The Labute approximate surface area is 324 Å². The molecule has 272 valence electrons. The standard InChI is InChI=1S/C45H47ClN2O3SSi/c1-45(2,3)53(40-18-8-6-9-19-40,41-20-10-7-11-21-41)51-31-33-14-12-15-35(28-33)44(52-27-26-43(49)48(4)5)36-16-13-17-39(29-36)50-32-38-25-23-34-22-24-37(46)30-42(34)47-38/h6-25,28-30,44H,26-27,31-32H2,1-5H3. The summed E-state index contributed by atoms with van der Waals surface area (Å²) >= 11 is 8.00. The van der Waals surface area contributed by atoms with Gasteiger partial charge in [0.1, 0.15) is 12.4 Å². The molecule has 0 radical (unpaired) electrons. The number of ether oxygens (including phenoxy) is 1. The molecule has 0 fully saturated rings. The second-order valence-corrected chi connectivity index (χ2v) is 20.4. The number of nitrogens with zero attached hydrogens (tertiary/aromatic N) is 2. The first-order chi connectivity index (χ1) is 25.5. The molecule has 0 N–H and O–H groups in total. The summed E-state index contributed by atoms with van der Waals surface area (Å²) in [5, 5.41) is 4.06. The van der Waals surface area contributed by atoms with Crippen molar-refractivity contribution in [1.82, 2.24) is 9.88 Å². The van der Waals surface area contributed by atoms with Gasteiger partial charge < -0.3 is 14.1 Å². The first kappa shape index (κ1) is 38.3. The molecule has 6 aromatic rings. The van der Waals surface area contributed by atoms with Crippen LogP contribution in [0, 0.1) is 0 Å². The zero-order chi connectivity index (χ0) is 37.4. The molecule has 0 saturated heterocycles. The van der Waals surface area contributed by atoms with Crippen LogP contribution in [-0.2, 0) is 22.4 Å². The van der Waals surface area contributed by atoms with Crippen LogP contribution in [0.4, 0.5) is 0 Å². The van der Waals surface area contributed by atoms with Crippen molar-refractivity contribution in [2.45, 2.75) is 50.7 Å². The van der Waals surface area contributed by atoms with Gasteiger partial charge in [-0.15, -0.1) is 11.8 Å². The molecule has 0 spiro atoms. The Hall–Kier alpha value is -4.40. The highest BCUT2D eigenvalue weighted by atomic mass is 35.5. The Morgan fingerprint density at radius 1 is 0.774 bits per heavy atom. The number of benzene rings is 5. The van der Waals surface area contributed by atoms with E-state index in [2.05, 4.69) is 118 Å². The van der Waals surface area contributed by atoms with Crippen molar-refractivity contribution in [1.29, 1.82) is 0 Å². The van der Waals surface area contributed by atoms with Crippen molar-refractivity contribution < 1.29 is 14.0 Å². The SMILES string of the molecule is CN(C)C(=O)CCSC(c1cccc(CO[Si](c2ccccc2)(c2ccccc2)C(C)(C)C)c1)c1cccc(OCc2ccc3ccc(Cl)cc3n2)c1. The second-order valence-electron chi connectivity index (χ2n) is 14.5. The van der Waals surface area contributed by atoms with Crippen LogP contribution < -0.4 is 15.1 Å². The van der Waals surface area contributed by atoms with Crippen molar-refractivity contribution in [3.05, 3.63) is 167 Å². The van der Waals surface area contributed by atoms with Gasteiger partial charge in [0.05, 0.1) is 23.1 Å². The molecule has 1 amide bonds. The Bertz CT molecular complexity index is 2100. The lowest BCUT2D eigenvalue weighted by Gasteiger charge is -2.43. The third kappa shape index (κ3) is 9.22. The lowest BCUT2D eigenvalue weighted by Crippen LogP contribution is -2.66. The van der Waals surface area contributed by atoms with Crippen LogP contribution in [0.5, 0.6) is 5.75 Å². The third-order valence-corrected chi connectivity index (χ3v) is 16.0. The van der Waals surface area contributed by atoms with Crippen LogP contribution in [0.2, 0.25) is 10.1 Å². The van der Waals surface area contributed by atoms with Gasteiger partial charge in [-0.1, -0.05) is 142 Å². The van der Waals surface area contributed by atoms with Gasteiger partial charge in [0.2, 0.25) is 5.91 Å². The number of rotatable bonds is 14. The normalized spacial score (nSPS) is 12.4. The second kappa shape index (κ2) is 17.2. The van der Waals surface area contributed by atoms with Crippen molar-refractivity contribution in [2.24, 2.45) is 0 Å². The molecule has 5 nitrogen and oxygen atoms in total. The van der Waals surface area contributed by atoms with E-state index >= 15 is 0 Å². The number of fused-ring (bicyclic) bond motifs is 1. The Morgan fingerprint density at radius 2 is 1.42 bits per heavy atom. The molecule has 0 aliphatic carbocycles. The van der Waals surface area contributed by atoms with Crippen molar-refractivity contribution in [3.63, 3.8) is 0 Å². The number of amides is 1. The van der Waals surface area contributed by atoms with E-state index in [4.69, 9.17) is 25.7 Å². The minimum atomic E-state index is -2.72. The quantitative estimate of drug-likeness (QED) is 0.104. The molecule has 5 aromatic carbocycles. The number of carbonyl (C=O) groups excluding carboxylic acids is 1. The van der Waals surface area contributed by atoms with Gasteiger partial charge in [0.15, 0.2) is 0 Å². The van der Waals surface area contributed by atoms with Crippen LogP contribution in [0.15, 0.2) is 140 Å². The summed E-state index contributed by atoms with van der Waals surface area (Å²) < 4.78 is 13.6. The van der Waals surface area contributed by atoms with E-state index in [1.165, 1.54) is 10.4 Å². The summed E-state index contributed by atoms with van der Waals surface area (Å²) in [7, 11) is 0.887. The summed E-state index contributed by atoms with van der Waals surface area (Å²) in [5.74, 6) is 1.56. The van der Waals surface area contributed by atoms with E-state index in [-0.39, 0.29) is 16.2 Å². The molecule has 1 unspecified atom stereocenters. The zero-order valence-electron chi connectivity index (χ0n) is 31.1. The van der Waals surface area contributed by atoms with Gasteiger partial charge in [-0.25, -0.2) is 4.98 Å². The highest BCUT2D eigenvalue weighted by Gasteiger charge is 2.50. The van der Waals surface area contributed by atoms with E-state index in [0.717, 1.165) is 39.0 Å². The number of hydrogen-bond acceptors (Lipinski definition) is 5. The topological polar surface area (TPSA) is 51.7 Å². The number of thioether (sulfide) groups is 1. The fourth-order valence-electron chi connectivity index (χ4n) is 6.81. The van der Waals surface area contributed by atoms with E-state index < -0.39 is 8.32 Å². The predicted octanol–water partition coefficient (Wildman–Crippen LogP) is 9.84. The van der Waals surface area contributed by atoms with Gasteiger partial charge in [-0.2, -0.15) is 0 Å². The molecular formula is C45H47ClN2O3SSi. The molecule has 0 aliphatic heterocycles. The van der Waals surface area contributed by atoms with E-state index in [1.807, 2.05) is 42.5 Å². The van der Waals surface area contributed by atoms with Crippen LogP contribution >= 0.6 is 23.4 Å². The monoisotopic (exact) mass is 758 g/mol. The number of pyridine rings is 1. The Morgan fingerprint density at radius 3 is 2.08 bits per heavy atom. The maximum atomic E-state index is 12.6. The smallest absolute Gasteiger partial charge is 0.261 e. The zero-order valence-corrected chi connectivity index (χ0v) is 33.7. The number of hydrogen-bond donors (Lipinski definition) is 0. The van der Waals surface area contributed by atoms with Crippen molar-refractivity contribution >= 4 is 58.9 Å². The first-order valence-electron chi connectivity index (χ1n) is 18.0. The molecule has 53 heavy (non-hydrogen) atoms. The summed E-state index contributed by atoms with van der Waals surface area (Å²) in [4.78, 5) is 19.0. The molecule has 6 rings (SSSR count). The highest BCUT2D eigenvalue weighted by Crippen LogP contribution is 2.40. The van der Waals surface area contributed by atoms with Gasteiger partial charge in [-0.3, -0.25) is 4.79 Å². The summed E-state index contributed by atoms with van der Waals surface area (Å²) in [6.07, 6.45) is 0.457. The van der Waals surface area contributed by atoms with Crippen LogP contribution in [0.1, 0.15) is 54.8 Å². The fraction of sp³-hybridized carbons (Fsp3) is 0.244. The van der Waals surface area contributed by atoms with Crippen molar-refractivity contribution in [3.8, 4) is 5.75 Å². The van der Waals surface area contributed by atoms with E-state index in [0.29, 0.717) is 30.4 Å². The lowest BCUT2D eigenvalue weighted by molar-refractivity contribution is -0.128. The average Bonchev–Trinajstić information content (AvgIpc) is 3.16. The van der Waals surface area contributed by atoms with Crippen molar-refractivity contribution in [2.75, 3.05) is 19.8 Å².